The summed E-state index contributed by atoms with van der Waals surface area (Å²) in [5, 5.41) is 13.2. The maximum Gasteiger partial charge on any atom is 0.251 e. The van der Waals surface area contributed by atoms with Crippen LogP contribution in [0.1, 0.15) is 38.7 Å². The first-order chi connectivity index (χ1) is 10.1. The molecule has 2 aromatic carbocycles. The van der Waals surface area contributed by atoms with Crippen LogP contribution >= 0.6 is 0 Å². The third kappa shape index (κ3) is 2.43. The van der Waals surface area contributed by atoms with Crippen molar-refractivity contribution in [3.05, 3.63) is 70.0 Å². The van der Waals surface area contributed by atoms with Gasteiger partial charge in [0.2, 0.25) is 0 Å². The lowest BCUT2D eigenvalue weighted by atomic mass is 9.93. The van der Waals surface area contributed by atoms with E-state index in [0.717, 1.165) is 12.0 Å². The fourth-order valence-corrected chi connectivity index (χ4v) is 2.66. The van der Waals surface area contributed by atoms with Crippen molar-refractivity contribution in [2.24, 2.45) is 0 Å². The Kier molecular flexibility index (Phi) is 3.47. The molecule has 0 fully saturated rings. The second kappa shape index (κ2) is 5.30. The summed E-state index contributed by atoms with van der Waals surface area (Å²) in [6.45, 7) is 2.28. The molecule has 1 unspecified atom stereocenters. The first-order valence-corrected chi connectivity index (χ1v) is 6.92. The minimum atomic E-state index is -1.08. The number of nitrogens with one attached hydrogen (secondary N) is 1. The van der Waals surface area contributed by atoms with Gasteiger partial charge in [-0.15, -0.1) is 0 Å². The van der Waals surface area contributed by atoms with Gasteiger partial charge in [0.1, 0.15) is 11.9 Å². The number of amides is 1. The number of carbonyl (C=O) groups excluding carboxylic acids is 1. The van der Waals surface area contributed by atoms with Gasteiger partial charge < -0.3 is 10.4 Å². The number of hydrogen-bond acceptors (Lipinski definition) is 2. The smallest absolute Gasteiger partial charge is 0.251 e. The van der Waals surface area contributed by atoms with Crippen LogP contribution in [0.3, 0.4) is 0 Å². The Morgan fingerprint density at radius 1 is 1.29 bits per heavy atom. The van der Waals surface area contributed by atoms with Crippen molar-refractivity contribution in [2.75, 3.05) is 6.54 Å². The number of halogens is 1. The van der Waals surface area contributed by atoms with E-state index in [2.05, 4.69) is 5.32 Å². The molecule has 3 rings (SSSR count). The van der Waals surface area contributed by atoms with Gasteiger partial charge in [0.25, 0.3) is 5.91 Å². The highest BCUT2D eigenvalue weighted by molar-refractivity contribution is 5.96. The Balaban J connectivity index is 2.02. The van der Waals surface area contributed by atoms with Crippen molar-refractivity contribution in [2.45, 2.75) is 19.4 Å². The molecule has 4 heteroatoms. The number of rotatable bonds is 2. The average molecular weight is 285 g/mol. The molecule has 1 aliphatic rings. The molecule has 1 heterocycles. The molecular formula is C17H16FNO2. The lowest BCUT2D eigenvalue weighted by Gasteiger charge is -2.19. The van der Waals surface area contributed by atoms with Crippen molar-refractivity contribution in [3.8, 4) is 0 Å². The van der Waals surface area contributed by atoms with Gasteiger partial charge in [-0.05, 0) is 36.1 Å². The summed E-state index contributed by atoms with van der Waals surface area (Å²) in [6, 6.07) is 10.2. The number of aryl methyl sites for hydroxylation is 1. The van der Waals surface area contributed by atoms with E-state index in [-0.39, 0.29) is 11.5 Å². The molecule has 0 aromatic heterocycles. The zero-order chi connectivity index (χ0) is 15.0. The van der Waals surface area contributed by atoms with Gasteiger partial charge in [-0.1, -0.05) is 30.3 Å². The Bertz CT molecular complexity index is 712. The highest BCUT2D eigenvalue weighted by Crippen LogP contribution is 2.28. The van der Waals surface area contributed by atoms with Gasteiger partial charge in [0.15, 0.2) is 0 Å². The predicted molar refractivity (Wildman–Crippen MR) is 77.7 cm³/mol. The van der Waals surface area contributed by atoms with E-state index >= 15 is 0 Å². The summed E-state index contributed by atoms with van der Waals surface area (Å²) >= 11 is 0. The summed E-state index contributed by atoms with van der Waals surface area (Å²) < 4.78 is 14.1. The van der Waals surface area contributed by atoms with Gasteiger partial charge in [0.05, 0.1) is 0 Å². The molecule has 1 atom stereocenters. The SMILES string of the molecule is Cc1cccc(C(O)c2ccc3c(c2)C(=O)NCC3)c1F. The van der Waals surface area contributed by atoms with E-state index < -0.39 is 11.9 Å². The molecule has 0 aliphatic carbocycles. The van der Waals surface area contributed by atoms with Crippen molar-refractivity contribution in [1.29, 1.82) is 0 Å². The van der Waals surface area contributed by atoms with Crippen molar-refractivity contribution in [3.63, 3.8) is 0 Å². The summed E-state index contributed by atoms with van der Waals surface area (Å²) in [5.74, 6) is -0.554. The standard InChI is InChI=1S/C17H16FNO2/c1-10-3-2-4-13(15(10)18)16(20)12-6-5-11-7-8-19-17(21)14(11)9-12/h2-6,9,16,20H,7-8H2,1H3,(H,19,21). The monoisotopic (exact) mass is 285 g/mol. The maximum atomic E-state index is 14.1. The zero-order valence-electron chi connectivity index (χ0n) is 11.7. The second-order valence-corrected chi connectivity index (χ2v) is 5.30. The van der Waals surface area contributed by atoms with E-state index in [1.807, 2.05) is 6.07 Å². The van der Waals surface area contributed by atoms with Gasteiger partial charge >= 0.3 is 0 Å². The van der Waals surface area contributed by atoms with Crippen LogP contribution in [0.25, 0.3) is 0 Å². The lowest BCUT2D eigenvalue weighted by Crippen LogP contribution is -2.31. The molecule has 2 N–H and O–H groups in total. The van der Waals surface area contributed by atoms with Crippen LogP contribution in [0.4, 0.5) is 4.39 Å². The third-order valence-corrected chi connectivity index (χ3v) is 3.89. The minimum Gasteiger partial charge on any atom is -0.384 e. The molecule has 21 heavy (non-hydrogen) atoms. The van der Waals surface area contributed by atoms with Crippen molar-refractivity contribution in [1.82, 2.24) is 5.32 Å². The van der Waals surface area contributed by atoms with Gasteiger partial charge in [-0.3, -0.25) is 4.79 Å². The number of fused-ring (bicyclic) bond motifs is 1. The van der Waals surface area contributed by atoms with Crippen LogP contribution in [0, 0.1) is 12.7 Å². The third-order valence-electron chi connectivity index (χ3n) is 3.89. The summed E-state index contributed by atoms with van der Waals surface area (Å²) in [6.07, 6.45) is -0.305. The number of aliphatic hydroxyl groups is 1. The van der Waals surface area contributed by atoms with E-state index in [4.69, 9.17) is 0 Å². The zero-order valence-corrected chi connectivity index (χ0v) is 11.7. The Labute approximate surface area is 122 Å². The molecule has 0 bridgehead atoms. The number of hydrogen-bond donors (Lipinski definition) is 2. The largest absolute Gasteiger partial charge is 0.384 e. The van der Waals surface area contributed by atoms with Crippen LogP contribution in [-0.2, 0) is 6.42 Å². The Morgan fingerprint density at radius 3 is 2.90 bits per heavy atom. The van der Waals surface area contributed by atoms with E-state index in [0.29, 0.717) is 23.2 Å². The van der Waals surface area contributed by atoms with Crippen molar-refractivity contribution >= 4 is 5.91 Å². The molecule has 3 nitrogen and oxygen atoms in total. The molecule has 0 spiro atoms. The summed E-state index contributed by atoms with van der Waals surface area (Å²) in [4.78, 5) is 11.9. The quantitative estimate of drug-likeness (QED) is 0.890. The average Bonchev–Trinajstić information content (AvgIpc) is 2.49. The fourth-order valence-electron chi connectivity index (χ4n) is 2.66. The van der Waals surface area contributed by atoms with E-state index in [9.17, 15) is 14.3 Å². The first kappa shape index (κ1) is 13.8. The van der Waals surface area contributed by atoms with Gasteiger partial charge in [-0.25, -0.2) is 4.39 Å². The summed E-state index contributed by atoms with van der Waals surface area (Å²) in [7, 11) is 0. The molecule has 0 radical (unpaired) electrons. The molecule has 1 amide bonds. The molecular weight excluding hydrogens is 269 g/mol. The van der Waals surface area contributed by atoms with Gasteiger partial charge in [0, 0.05) is 17.7 Å². The normalized spacial score (nSPS) is 15.3. The number of carbonyl (C=O) groups is 1. The highest BCUT2D eigenvalue weighted by atomic mass is 19.1. The molecule has 0 saturated carbocycles. The molecule has 1 aliphatic heterocycles. The van der Waals surface area contributed by atoms with Crippen LogP contribution in [-0.4, -0.2) is 17.6 Å². The second-order valence-electron chi connectivity index (χ2n) is 5.30. The fraction of sp³-hybridized carbons (Fsp3) is 0.235. The van der Waals surface area contributed by atoms with E-state index in [1.54, 1.807) is 37.3 Å². The highest BCUT2D eigenvalue weighted by Gasteiger charge is 2.21. The Hall–Kier alpha value is -2.20. The maximum absolute atomic E-state index is 14.1. The van der Waals surface area contributed by atoms with Crippen molar-refractivity contribution < 1.29 is 14.3 Å². The van der Waals surface area contributed by atoms with E-state index in [1.165, 1.54) is 0 Å². The van der Waals surface area contributed by atoms with Crippen LogP contribution in [0.2, 0.25) is 0 Å². The lowest BCUT2D eigenvalue weighted by molar-refractivity contribution is 0.0945. The van der Waals surface area contributed by atoms with Gasteiger partial charge in [-0.2, -0.15) is 0 Å². The molecule has 0 saturated heterocycles. The Morgan fingerprint density at radius 2 is 2.10 bits per heavy atom. The topological polar surface area (TPSA) is 49.3 Å². The predicted octanol–water partition coefficient (Wildman–Crippen LogP) is 2.50. The molecule has 108 valence electrons. The van der Waals surface area contributed by atoms with Crippen LogP contribution in [0.5, 0.6) is 0 Å². The number of benzene rings is 2. The molecule has 2 aromatic rings. The van der Waals surface area contributed by atoms with Crippen LogP contribution in [0.15, 0.2) is 36.4 Å². The minimum absolute atomic E-state index is 0.144. The summed E-state index contributed by atoms with van der Waals surface area (Å²) in [5.41, 5.74) is 2.76. The van der Waals surface area contributed by atoms with Crippen LogP contribution < -0.4 is 5.32 Å². The first-order valence-electron chi connectivity index (χ1n) is 6.92. The number of aliphatic hydroxyl groups excluding tert-OH is 1.